The molecule has 0 saturated carbocycles. The number of rotatable bonds is 6. The molecule has 2 rings (SSSR count). The topological polar surface area (TPSA) is 50.3 Å². The van der Waals surface area contributed by atoms with E-state index < -0.39 is 0 Å². The summed E-state index contributed by atoms with van der Waals surface area (Å²) in [4.78, 5) is 11.6. The van der Waals surface area contributed by atoms with Crippen molar-refractivity contribution in [1.29, 1.82) is 0 Å². The number of ether oxygens (including phenoxy) is 1. The average molecular weight is 278 g/mol. The largest absolute Gasteiger partial charge is 0.378 e. The fraction of sp³-hybridized carbons (Fsp3) is 0.733. The number of nitrogens with one attached hydrogen (secondary N) is 1. The van der Waals surface area contributed by atoms with E-state index in [2.05, 4.69) is 36.0 Å². The van der Waals surface area contributed by atoms with E-state index in [4.69, 9.17) is 9.72 Å². The Morgan fingerprint density at radius 3 is 2.75 bits per heavy atom. The summed E-state index contributed by atoms with van der Waals surface area (Å²) >= 11 is 0. The summed E-state index contributed by atoms with van der Waals surface area (Å²) in [6.45, 7) is 11.7. The molecule has 1 aromatic heterocycles. The smallest absolute Gasteiger partial charge is 0.131 e. The number of aromatic nitrogens is 2. The number of hydrogen-bond acceptors (Lipinski definition) is 5. The van der Waals surface area contributed by atoms with Gasteiger partial charge in [0, 0.05) is 25.6 Å². The van der Waals surface area contributed by atoms with Gasteiger partial charge in [0.1, 0.15) is 5.82 Å². The molecule has 112 valence electrons. The first kappa shape index (κ1) is 15.2. The van der Waals surface area contributed by atoms with Gasteiger partial charge in [0.25, 0.3) is 0 Å². The maximum atomic E-state index is 5.42. The third-order valence-electron chi connectivity index (χ3n) is 3.45. The van der Waals surface area contributed by atoms with Gasteiger partial charge in [-0.2, -0.15) is 0 Å². The quantitative estimate of drug-likeness (QED) is 0.806. The molecular formula is C15H26N4O. The molecule has 0 aliphatic carbocycles. The molecule has 0 unspecified atom stereocenters. The minimum atomic E-state index is 0.360. The third-order valence-corrected chi connectivity index (χ3v) is 3.45. The fourth-order valence-corrected chi connectivity index (χ4v) is 2.29. The van der Waals surface area contributed by atoms with Crippen LogP contribution in [0.3, 0.4) is 0 Å². The van der Waals surface area contributed by atoms with Gasteiger partial charge in [-0.05, 0) is 13.0 Å². The summed E-state index contributed by atoms with van der Waals surface area (Å²) < 4.78 is 5.42. The van der Waals surface area contributed by atoms with Crippen molar-refractivity contribution in [2.24, 2.45) is 0 Å². The Morgan fingerprint density at radius 2 is 2.10 bits per heavy atom. The highest BCUT2D eigenvalue weighted by molar-refractivity contribution is 5.49. The Labute approximate surface area is 121 Å². The molecule has 0 bridgehead atoms. The molecule has 0 amide bonds. The Hall–Kier alpha value is -1.20. The maximum absolute atomic E-state index is 5.42. The van der Waals surface area contributed by atoms with Crippen molar-refractivity contribution in [1.82, 2.24) is 15.3 Å². The van der Waals surface area contributed by atoms with Crippen LogP contribution in [0.4, 0.5) is 5.69 Å². The third kappa shape index (κ3) is 3.90. The lowest BCUT2D eigenvalue weighted by molar-refractivity contribution is 0.122. The van der Waals surface area contributed by atoms with E-state index in [1.54, 1.807) is 0 Å². The lowest BCUT2D eigenvalue weighted by Crippen LogP contribution is -2.37. The van der Waals surface area contributed by atoms with Crippen molar-refractivity contribution in [2.75, 3.05) is 37.7 Å². The second kappa shape index (κ2) is 7.55. The van der Waals surface area contributed by atoms with Crippen molar-refractivity contribution >= 4 is 5.69 Å². The molecule has 1 N–H and O–H groups in total. The SMILES string of the molecule is CCCNCc1nc(C(C)C)ncc1N1CCOCC1. The number of morpholine rings is 1. The predicted octanol–water partition coefficient (Wildman–Crippen LogP) is 1.94. The van der Waals surface area contributed by atoms with Crippen molar-refractivity contribution in [3.8, 4) is 0 Å². The predicted molar refractivity (Wildman–Crippen MR) is 81.2 cm³/mol. The molecule has 1 aliphatic heterocycles. The highest BCUT2D eigenvalue weighted by Crippen LogP contribution is 2.21. The molecule has 1 saturated heterocycles. The van der Waals surface area contributed by atoms with Gasteiger partial charge in [-0.25, -0.2) is 9.97 Å². The van der Waals surface area contributed by atoms with Crippen molar-refractivity contribution in [3.05, 3.63) is 17.7 Å². The first-order valence-electron chi connectivity index (χ1n) is 7.61. The Bertz CT molecular complexity index is 416. The van der Waals surface area contributed by atoms with Crippen LogP contribution in [0.15, 0.2) is 6.20 Å². The zero-order valence-corrected chi connectivity index (χ0v) is 12.9. The van der Waals surface area contributed by atoms with Crippen LogP contribution < -0.4 is 10.2 Å². The molecule has 0 spiro atoms. The molecule has 2 heterocycles. The molecule has 1 aliphatic rings. The van der Waals surface area contributed by atoms with Crippen LogP contribution in [0.1, 0.15) is 44.6 Å². The summed E-state index contributed by atoms with van der Waals surface area (Å²) in [5.41, 5.74) is 2.26. The minimum absolute atomic E-state index is 0.360. The van der Waals surface area contributed by atoms with Crippen molar-refractivity contribution in [3.63, 3.8) is 0 Å². The van der Waals surface area contributed by atoms with Crippen LogP contribution in [0.2, 0.25) is 0 Å². The maximum Gasteiger partial charge on any atom is 0.131 e. The van der Waals surface area contributed by atoms with Crippen molar-refractivity contribution < 1.29 is 4.74 Å². The summed E-state index contributed by atoms with van der Waals surface area (Å²) in [5, 5.41) is 3.45. The van der Waals surface area contributed by atoms with Gasteiger partial charge in [-0.15, -0.1) is 0 Å². The normalized spacial score (nSPS) is 15.9. The number of nitrogens with zero attached hydrogens (tertiary/aromatic N) is 3. The van der Waals surface area contributed by atoms with Gasteiger partial charge in [-0.3, -0.25) is 0 Å². The second-order valence-corrected chi connectivity index (χ2v) is 5.49. The van der Waals surface area contributed by atoms with Crippen LogP contribution in [0.5, 0.6) is 0 Å². The zero-order valence-electron chi connectivity index (χ0n) is 12.9. The van der Waals surface area contributed by atoms with Crippen LogP contribution in [0.25, 0.3) is 0 Å². The highest BCUT2D eigenvalue weighted by atomic mass is 16.5. The van der Waals surface area contributed by atoms with E-state index in [0.717, 1.165) is 63.0 Å². The monoisotopic (exact) mass is 278 g/mol. The zero-order chi connectivity index (χ0) is 14.4. The summed E-state index contributed by atoms with van der Waals surface area (Å²) in [6, 6.07) is 0. The van der Waals surface area contributed by atoms with Crippen LogP contribution in [-0.4, -0.2) is 42.8 Å². The van der Waals surface area contributed by atoms with Gasteiger partial charge in [-0.1, -0.05) is 20.8 Å². The Balaban J connectivity index is 2.18. The van der Waals surface area contributed by atoms with E-state index in [0.29, 0.717) is 5.92 Å². The van der Waals surface area contributed by atoms with E-state index in [1.165, 1.54) is 0 Å². The van der Waals surface area contributed by atoms with Crippen LogP contribution in [-0.2, 0) is 11.3 Å². The summed E-state index contributed by atoms with van der Waals surface area (Å²) in [5.74, 6) is 1.29. The van der Waals surface area contributed by atoms with E-state index in [9.17, 15) is 0 Å². The molecular weight excluding hydrogens is 252 g/mol. The van der Waals surface area contributed by atoms with Crippen LogP contribution >= 0.6 is 0 Å². The summed E-state index contributed by atoms with van der Waals surface area (Å²) in [7, 11) is 0. The lowest BCUT2D eigenvalue weighted by atomic mass is 10.2. The van der Waals surface area contributed by atoms with Gasteiger partial charge < -0.3 is 15.0 Å². The van der Waals surface area contributed by atoms with Crippen molar-refractivity contribution in [2.45, 2.75) is 39.7 Å². The van der Waals surface area contributed by atoms with E-state index in [-0.39, 0.29) is 0 Å². The molecule has 20 heavy (non-hydrogen) atoms. The van der Waals surface area contributed by atoms with E-state index in [1.807, 2.05) is 6.20 Å². The second-order valence-electron chi connectivity index (χ2n) is 5.49. The highest BCUT2D eigenvalue weighted by Gasteiger charge is 2.17. The minimum Gasteiger partial charge on any atom is -0.378 e. The molecule has 0 aromatic carbocycles. The Kier molecular flexibility index (Phi) is 5.73. The van der Waals surface area contributed by atoms with Gasteiger partial charge in [0.15, 0.2) is 0 Å². The molecule has 1 fully saturated rings. The molecule has 0 radical (unpaired) electrons. The molecule has 5 heteroatoms. The fourth-order valence-electron chi connectivity index (χ4n) is 2.29. The van der Waals surface area contributed by atoms with Gasteiger partial charge in [0.05, 0.1) is 30.8 Å². The molecule has 5 nitrogen and oxygen atoms in total. The Morgan fingerprint density at radius 1 is 1.35 bits per heavy atom. The number of anilines is 1. The first-order valence-corrected chi connectivity index (χ1v) is 7.61. The molecule has 1 aromatic rings. The van der Waals surface area contributed by atoms with Gasteiger partial charge >= 0.3 is 0 Å². The molecule has 0 atom stereocenters. The van der Waals surface area contributed by atoms with Gasteiger partial charge in [0.2, 0.25) is 0 Å². The number of hydrogen-bond donors (Lipinski definition) is 1. The summed E-state index contributed by atoms with van der Waals surface area (Å²) in [6.07, 6.45) is 3.12. The van der Waals surface area contributed by atoms with Crippen LogP contribution in [0, 0.1) is 0 Å². The lowest BCUT2D eigenvalue weighted by Gasteiger charge is -2.30. The average Bonchev–Trinajstić information content (AvgIpc) is 2.48. The standard InChI is InChI=1S/C15H26N4O/c1-4-5-16-10-13-14(19-6-8-20-9-7-19)11-17-15(18-13)12(2)3/h11-12,16H,4-10H2,1-3H3. The van der Waals surface area contributed by atoms with E-state index >= 15 is 0 Å². The first-order chi connectivity index (χ1) is 9.72.